The van der Waals surface area contributed by atoms with Gasteiger partial charge in [-0.2, -0.15) is 0 Å². The zero-order valence-electron chi connectivity index (χ0n) is 16.9. The fourth-order valence-corrected chi connectivity index (χ4v) is 3.64. The van der Waals surface area contributed by atoms with Crippen molar-refractivity contribution < 1.29 is 14.3 Å². The highest BCUT2D eigenvalue weighted by Gasteiger charge is 2.22. The van der Waals surface area contributed by atoms with Crippen molar-refractivity contribution in [2.24, 2.45) is 0 Å². The van der Waals surface area contributed by atoms with Crippen LogP contribution in [-0.2, 0) is 9.53 Å². The largest absolute Gasteiger partial charge is 0.375 e. The van der Waals surface area contributed by atoms with E-state index in [2.05, 4.69) is 15.5 Å². The molecule has 30 heavy (non-hydrogen) atoms. The van der Waals surface area contributed by atoms with Gasteiger partial charge < -0.3 is 20.3 Å². The van der Waals surface area contributed by atoms with E-state index in [9.17, 15) is 9.59 Å². The Hall–Kier alpha value is -3.45. The summed E-state index contributed by atoms with van der Waals surface area (Å²) in [5, 5.41) is 6.61. The smallest absolute Gasteiger partial charge is 0.259 e. The summed E-state index contributed by atoms with van der Waals surface area (Å²) in [6, 6.07) is 16.7. The quantitative estimate of drug-likeness (QED) is 0.655. The second-order valence-corrected chi connectivity index (χ2v) is 7.26. The maximum atomic E-state index is 13.2. The molecule has 0 bridgehead atoms. The van der Waals surface area contributed by atoms with Gasteiger partial charge >= 0.3 is 0 Å². The van der Waals surface area contributed by atoms with Gasteiger partial charge in [0.25, 0.3) is 5.91 Å². The number of carbonyl (C=O) groups excluding carboxylic acids is 2. The van der Waals surface area contributed by atoms with Gasteiger partial charge in [0.2, 0.25) is 5.91 Å². The van der Waals surface area contributed by atoms with E-state index >= 15 is 0 Å². The van der Waals surface area contributed by atoms with Crippen molar-refractivity contribution in [2.45, 2.75) is 12.8 Å². The number of hydrogen-bond donors (Lipinski definition) is 2. The van der Waals surface area contributed by atoms with Crippen molar-refractivity contribution >= 4 is 39.9 Å². The van der Waals surface area contributed by atoms with Crippen LogP contribution in [0.15, 0.2) is 54.6 Å². The Balaban J connectivity index is 1.61. The van der Waals surface area contributed by atoms with Gasteiger partial charge in [-0.05, 0) is 43.2 Å². The van der Waals surface area contributed by atoms with E-state index in [1.165, 1.54) is 7.11 Å². The molecule has 0 aliphatic carbocycles. The van der Waals surface area contributed by atoms with Crippen LogP contribution in [0.1, 0.15) is 23.2 Å². The summed E-state index contributed by atoms with van der Waals surface area (Å²) >= 11 is 0. The van der Waals surface area contributed by atoms with Crippen molar-refractivity contribution in [3.8, 4) is 0 Å². The molecule has 0 radical (unpaired) electrons. The molecule has 2 heterocycles. The van der Waals surface area contributed by atoms with Crippen molar-refractivity contribution in [3.63, 3.8) is 0 Å². The molecular weight excluding hydrogens is 380 g/mol. The van der Waals surface area contributed by atoms with Gasteiger partial charge in [0, 0.05) is 37.0 Å². The van der Waals surface area contributed by atoms with Crippen LogP contribution in [0.25, 0.3) is 10.9 Å². The number of nitrogens with one attached hydrogen (secondary N) is 2. The van der Waals surface area contributed by atoms with Crippen LogP contribution < -0.4 is 15.5 Å². The molecule has 2 aromatic carbocycles. The number of methoxy groups -OCH3 is 1. The van der Waals surface area contributed by atoms with Gasteiger partial charge in [0.05, 0.1) is 11.1 Å². The fourth-order valence-electron chi connectivity index (χ4n) is 3.64. The normalized spacial score (nSPS) is 13.4. The average molecular weight is 404 g/mol. The number of hydrogen-bond acceptors (Lipinski definition) is 5. The second kappa shape index (κ2) is 8.92. The molecule has 1 fully saturated rings. The van der Waals surface area contributed by atoms with E-state index in [0.29, 0.717) is 22.8 Å². The van der Waals surface area contributed by atoms with E-state index < -0.39 is 0 Å². The lowest BCUT2D eigenvalue weighted by Crippen LogP contribution is -2.24. The molecule has 1 saturated heterocycles. The summed E-state index contributed by atoms with van der Waals surface area (Å²) in [7, 11) is 1.46. The third-order valence-electron chi connectivity index (χ3n) is 5.03. The molecule has 4 rings (SSSR count). The van der Waals surface area contributed by atoms with Gasteiger partial charge in [0.15, 0.2) is 0 Å². The summed E-state index contributed by atoms with van der Waals surface area (Å²) in [6.07, 6.45) is 2.19. The molecule has 1 aliphatic heterocycles. The Morgan fingerprint density at radius 1 is 1.00 bits per heavy atom. The molecule has 154 valence electrons. The first-order valence-electron chi connectivity index (χ1n) is 9.99. The van der Waals surface area contributed by atoms with Crippen LogP contribution in [0.3, 0.4) is 0 Å². The molecular formula is C23H24N4O3. The summed E-state index contributed by atoms with van der Waals surface area (Å²) in [4.78, 5) is 31.9. The van der Waals surface area contributed by atoms with Gasteiger partial charge in [-0.3, -0.25) is 9.59 Å². The number of fused-ring (bicyclic) bond motifs is 1. The van der Waals surface area contributed by atoms with Crippen molar-refractivity contribution in [1.29, 1.82) is 0 Å². The Kier molecular flexibility index (Phi) is 5.90. The minimum absolute atomic E-state index is 0.0292. The minimum atomic E-state index is -0.254. The zero-order valence-corrected chi connectivity index (χ0v) is 16.9. The molecule has 2 N–H and O–H groups in total. The lowest BCUT2D eigenvalue weighted by atomic mass is 10.1. The summed E-state index contributed by atoms with van der Waals surface area (Å²) in [5.41, 5.74) is 2.60. The predicted molar refractivity (Wildman–Crippen MR) is 118 cm³/mol. The topological polar surface area (TPSA) is 83.6 Å². The number of para-hydroxylation sites is 1. The van der Waals surface area contributed by atoms with Crippen molar-refractivity contribution in [2.75, 3.05) is 42.3 Å². The number of ether oxygens (including phenoxy) is 1. The van der Waals surface area contributed by atoms with Crippen LogP contribution >= 0.6 is 0 Å². The van der Waals surface area contributed by atoms with E-state index in [1.54, 1.807) is 24.3 Å². The number of benzene rings is 2. The van der Waals surface area contributed by atoms with E-state index in [1.807, 2.05) is 30.3 Å². The lowest BCUT2D eigenvalue weighted by Gasteiger charge is -2.20. The number of aromatic nitrogens is 1. The standard InChI is InChI=1S/C23H24N4O3/c1-30-15-21(28)24-17-8-6-9-18(14-17)25-23(29)19-13-16-7-2-3-10-20(16)26-22(19)27-11-4-5-12-27/h2-3,6-10,13-14H,4-5,11-12,15H2,1H3,(H,24,28)(H,25,29). The number of rotatable bonds is 6. The number of anilines is 3. The highest BCUT2D eigenvalue weighted by atomic mass is 16.5. The van der Waals surface area contributed by atoms with Crippen LogP contribution in [0, 0.1) is 0 Å². The number of nitrogens with zero attached hydrogens (tertiary/aromatic N) is 2. The Morgan fingerprint density at radius 3 is 2.50 bits per heavy atom. The SMILES string of the molecule is COCC(=O)Nc1cccc(NC(=O)c2cc3ccccc3nc2N2CCCC2)c1. The van der Waals surface area contributed by atoms with Crippen LogP contribution in [0.2, 0.25) is 0 Å². The third kappa shape index (κ3) is 4.41. The number of pyridine rings is 1. The Bertz CT molecular complexity index is 1080. The zero-order chi connectivity index (χ0) is 20.9. The van der Waals surface area contributed by atoms with E-state index in [4.69, 9.17) is 9.72 Å². The minimum Gasteiger partial charge on any atom is -0.375 e. The summed E-state index contributed by atoms with van der Waals surface area (Å²) in [6.45, 7) is 1.76. The first-order chi connectivity index (χ1) is 14.6. The maximum absolute atomic E-state index is 13.2. The second-order valence-electron chi connectivity index (χ2n) is 7.26. The fraction of sp³-hybridized carbons (Fsp3) is 0.261. The number of carbonyl (C=O) groups is 2. The molecule has 2 amide bonds. The predicted octanol–water partition coefficient (Wildman–Crippen LogP) is 3.67. The molecule has 7 heteroatoms. The Labute approximate surface area is 175 Å². The van der Waals surface area contributed by atoms with E-state index in [0.717, 1.165) is 36.8 Å². The summed E-state index contributed by atoms with van der Waals surface area (Å²) < 4.78 is 4.83. The first-order valence-corrected chi connectivity index (χ1v) is 9.99. The van der Waals surface area contributed by atoms with Crippen LogP contribution in [0.4, 0.5) is 17.2 Å². The molecule has 0 spiro atoms. The highest BCUT2D eigenvalue weighted by Crippen LogP contribution is 2.27. The Morgan fingerprint density at radius 2 is 1.73 bits per heavy atom. The van der Waals surface area contributed by atoms with Crippen molar-refractivity contribution in [3.05, 3.63) is 60.2 Å². The highest BCUT2D eigenvalue weighted by molar-refractivity contribution is 6.10. The van der Waals surface area contributed by atoms with Gasteiger partial charge in [-0.25, -0.2) is 4.98 Å². The van der Waals surface area contributed by atoms with Gasteiger partial charge in [-0.15, -0.1) is 0 Å². The molecule has 0 saturated carbocycles. The maximum Gasteiger partial charge on any atom is 0.259 e. The van der Waals surface area contributed by atoms with E-state index in [-0.39, 0.29) is 18.4 Å². The average Bonchev–Trinajstić information content (AvgIpc) is 3.28. The third-order valence-corrected chi connectivity index (χ3v) is 5.03. The lowest BCUT2D eigenvalue weighted by molar-refractivity contribution is -0.119. The summed E-state index contributed by atoms with van der Waals surface area (Å²) in [5.74, 6) is 0.236. The molecule has 0 unspecified atom stereocenters. The molecule has 1 aliphatic rings. The first kappa shape index (κ1) is 19.8. The molecule has 1 aromatic heterocycles. The van der Waals surface area contributed by atoms with Crippen LogP contribution in [-0.4, -0.2) is 43.6 Å². The van der Waals surface area contributed by atoms with Crippen LogP contribution in [0.5, 0.6) is 0 Å². The monoisotopic (exact) mass is 404 g/mol. The molecule has 7 nitrogen and oxygen atoms in total. The number of amides is 2. The molecule has 0 atom stereocenters. The van der Waals surface area contributed by atoms with Crippen molar-refractivity contribution in [1.82, 2.24) is 4.98 Å². The van der Waals surface area contributed by atoms with Gasteiger partial charge in [0.1, 0.15) is 12.4 Å². The van der Waals surface area contributed by atoms with Gasteiger partial charge in [-0.1, -0.05) is 24.3 Å². The molecule has 3 aromatic rings.